The molecule has 0 aromatic heterocycles. The van der Waals surface area contributed by atoms with Crippen molar-refractivity contribution in [1.82, 2.24) is 4.90 Å². The Bertz CT molecular complexity index is 217. The fourth-order valence-corrected chi connectivity index (χ4v) is 2.72. The van der Waals surface area contributed by atoms with Crippen LogP contribution >= 0.6 is 0 Å². The van der Waals surface area contributed by atoms with Crippen LogP contribution in [-0.4, -0.2) is 24.9 Å². The molecule has 1 fully saturated rings. The first-order valence-electron chi connectivity index (χ1n) is 6.74. The second-order valence-corrected chi connectivity index (χ2v) is 5.66. The summed E-state index contributed by atoms with van der Waals surface area (Å²) in [5, 5.41) is 0. The van der Waals surface area contributed by atoms with E-state index in [1.807, 2.05) is 14.1 Å². The van der Waals surface area contributed by atoms with Crippen molar-refractivity contribution in [3.8, 4) is 0 Å². The fourth-order valence-electron chi connectivity index (χ4n) is 2.72. The standard InChI is InChI=1S/C14H27NO/c1-5-11(2)13-8-6-12(7-9-13)10-14(16)15(3)4/h11-13H,5-10H2,1-4H3. The van der Waals surface area contributed by atoms with Gasteiger partial charge in [-0.2, -0.15) is 0 Å². The molecule has 0 saturated heterocycles. The molecule has 1 aliphatic carbocycles. The lowest BCUT2D eigenvalue weighted by Gasteiger charge is -2.32. The first-order valence-corrected chi connectivity index (χ1v) is 6.74. The molecule has 1 unspecified atom stereocenters. The molecule has 0 aromatic rings. The Balaban J connectivity index is 2.29. The summed E-state index contributed by atoms with van der Waals surface area (Å²) in [5.41, 5.74) is 0. The topological polar surface area (TPSA) is 20.3 Å². The Labute approximate surface area is 100 Å². The van der Waals surface area contributed by atoms with E-state index in [4.69, 9.17) is 0 Å². The van der Waals surface area contributed by atoms with Crippen molar-refractivity contribution in [1.29, 1.82) is 0 Å². The Hall–Kier alpha value is -0.530. The number of hydrogen-bond donors (Lipinski definition) is 0. The van der Waals surface area contributed by atoms with Crippen LogP contribution in [0.4, 0.5) is 0 Å². The SMILES string of the molecule is CCC(C)C1CCC(CC(=O)N(C)C)CC1. The molecule has 1 saturated carbocycles. The second kappa shape index (κ2) is 6.27. The van der Waals surface area contributed by atoms with Gasteiger partial charge < -0.3 is 4.90 Å². The molecule has 94 valence electrons. The predicted octanol–water partition coefficient (Wildman–Crippen LogP) is 3.32. The van der Waals surface area contributed by atoms with E-state index in [0.29, 0.717) is 11.8 Å². The maximum atomic E-state index is 11.6. The van der Waals surface area contributed by atoms with Crippen molar-refractivity contribution in [2.75, 3.05) is 14.1 Å². The highest BCUT2D eigenvalue weighted by Gasteiger charge is 2.25. The number of rotatable bonds is 4. The van der Waals surface area contributed by atoms with E-state index in [9.17, 15) is 4.79 Å². The van der Waals surface area contributed by atoms with Gasteiger partial charge in [0.25, 0.3) is 0 Å². The molecule has 0 aliphatic heterocycles. The van der Waals surface area contributed by atoms with Crippen LogP contribution in [0.1, 0.15) is 52.4 Å². The van der Waals surface area contributed by atoms with Crippen molar-refractivity contribution in [3.05, 3.63) is 0 Å². The maximum absolute atomic E-state index is 11.6. The van der Waals surface area contributed by atoms with E-state index in [1.165, 1.54) is 32.1 Å². The summed E-state index contributed by atoms with van der Waals surface area (Å²) in [4.78, 5) is 13.3. The van der Waals surface area contributed by atoms with Crippen LogP contribution in [0.5, 0.6) is 0 Å². The minimum Gasteiger partial charge on any atom is -0.349 e. The number of carbonyl (C=O) groups is 1. The number of amides is 1. The lowest BCUT2D eigenvalue weighted by molar-refractivity contribution is -0.130. The molecule has 0 bridgehead atoms. The lowest BCUT2D eigenvalue weighted by Crippen LogP contribution is -2.27. The van der Waals surface area contributed by atoms with Crippen molar-refractivity contribution in [2.24, 2.45) is 17.8 Å². The molecule has 2 nitrogen and oxygen atoms in total. The van der Waals surface area contributed by atoms with Gasteiger partial charge in [-0.3, -0.25) is 4.79 Å². The summed E-state index contributed by atoms with van der Waals surface area (Å²) in [6.07, 6.45) is 7.25. The minimum absolute atomic E-state index is 0.298. The van der Waals surface area contributed by atoms with Crippen LogP contribution in [0.15, 0.2) is 0 Å². The lowest BCUT2D eigenvalue weighted by atomic mass is 9.74. The molecule has 1 atom stereocenters. The number of hydrogen-bond acceptors (Lipinski definition) is 1. The third kappa shape index (κ3) is 3.80. The average molecular weight is 225 g/mol. The summed E-state index contributed by atoms with van der Waals surface area (Å²) in [7, 11) is 3.71. The fraction of sp³-hybridized carbons (Fsp3) is 0.929. The quantitative estimate of drug-likeness (QED) is 0.718. The largest absolute Gasteiger partial charge is 0.349 e. The first kappa shape index (κ1) is 13.5. The molecule has 1 amide bonds. The molecular formula is C14H27NO. The molecule has 1 rings (SSSR count). The Morgan fingerprint density at radius 3 is 2.25 bits per heavy atom. The third-order valence-electron chi connectivity index (χ3n) is 4.30. The van der Waals surface area contributed by atoms with Gasteiger partial charge in [0.15, 0.2) is 0 Å². The summed E-state index contributed by atoms with van der Waals surface area (Å²) in [6.45, 7) is 4.66. The smallest absolute Gasteiger partial charge is 0.222 e. The molecule has 0 aromatic carbocycles. The molecule has 0 heterocycles. The van der Waals surface area contributed by atoms with Crippen LogP contribution < -0.4 is 0 Å². The van der Waals surface area contributed by atoms with Gasteiger partial charge in [-0.05, 0) is 43.4 Å². The van der Waals surface area contributed by atoms with Gasteiger partial charge in [-0.1, -0.05) is 20.3 Å². The molecule has 0 spiro atoms. The Morgan fingerprint density at radius 2 is 1.81 bits per heavy atom. The highest BCUT2D eigenvalue weighted by molar-refractivity contribution is 5.75. The highest BCUT2D eigenvalue weighted by Crippen LogP contribution is 2.35. The van der Waals surface area contributed by atoms with E-state index in [-0.39, 0.29) is 0 Å². The Kier molecular flexibility index (Phi) is 5.30. The molecule has 16 heavy (non-hydrogen) atoms. The normalized spacial score (nSPS) is 27.5. The summed E-state index contributed by atoms with van der Waals surface area (Å²) in [6, 6.07) is 0. The summed E-state index contributed by atoms with van der Waals surface area (Å²) < 4.78 is 0. The van der Waals surface area contributed by atoms with Crippen molar-refractivity contribution in [2.45, 2.75) is 52.4 Å². The van der Waals surface area contributed by atoms with E-state index in [0.717, 1.165) is 18.3 Å². The van der Waals surface area contributed by atoms with E-state index in [1.54, 1.807) is 4.90 Å². The van der Waals surface area contributed by atoms with Gasteiger partial charge in [0.2, 0.25) is 5.91 Å². The van der Waals surface area contributed by atoms with Crippen LogP contribution in [0.25, 0.3) is 0 Å². The zero-order valence-corrected chi connectivity index (χ0v) is 11.3. The first-order chi connectivity index (χ1) is 7.54. The van der Waals surface area contributed by atoms with Crippen molar-refractivity contribution in [3.63, 3.8) is 0 Å². The molecule has 1 aliphatic rings. The monoisotopic (exact) mass is 225 g/mol. The molecule has 0 N–H and O–H groups in total. The Morgan fingerprint density at radius 1 is 1.25 bits per heavy atom. The molecule has 2 heteroatoms. The van der Waals surface area contributed by atoms with Gasteiger partial charge in [0.1, 0.15) is 0 Å². The van der Waals surface area contributed by atoms with Gasteiger partial charge in [-0.15, -0.1) is 0 Å². The highest BCUT2D eigenvalue weighted by atomic mass is 16.2. The summed E-state index contributed by atoms with van der Waals surface area (Å²) in [5.74, 6) is 2.73. The van der Waals surface area contributed by atoms with Gasteiger partial charge in [0.05, 0.1) is 0 Å². The van der Waals surface area contributed by atoms with Crippen LogP contribution in [0.3, 0.4) is 0 Å². The number of nitrogens with zero attached hydrogens (tertiary/aromatic N) is 1. The van der Waals surface area contributed by atoms with Crippen LogP contribution in [-0.2, 0) is 4.79 Å². The minimum atomic E-state index is 0.298. The van der Waals surface area contributed by atoms with Gasteiger partial charge in [-0.25, -0.2) is 0 Å². The zero-order valence-electron chi connectivity index (χ0n) is 11.3. The average Bonchev–Trinajstić information content (AvgIpc) is 2.28. The van der Waals surface area contributed by atoms with Crippen LogP contribution in [0.2, 0.25) is 0 Å². The van der Waals surface area contributed by atoms with Crippen LogP contribution in [0, 0.1) is 17.8 Å². The van der Waals surface area contributed by atoms with E-state index >= 15 is 0 Å². The maximum Gasteiger partial charge on any atom is 0.222 e. The van der Waals surface area contributed by atoms with Crippen molar-refractivity contribution >= 4 is 5.91 Å². The van der Waals surface area contributed by atoms with Crippen molar-refractivity contribution < 1.29 is 4.79 Å². The molecule has 0 radical (unpaired) electrons. The van der Waals surface area contributed by atoms with Gasteiger partial charge >= 0.3 is 0 Å². The number of carbonyl (C=O) groups excluding carboxylic acids is 1. The predicted molar refractivity (Wildman–Crippen MR) is 68.2 cm³/mol. The van der Waals surface area contributed by atoms with E-state index in [2.05, 4.69) is 13.8 Å². The zero-order chi connectivity index (χ0) is 12.1. The third-order valence-corrected chi connectivity index (χ3v) is 4.30. The summed E-state index contributed by atoms with van der Waals surface area (Å²) >= 11 is 0. The second-order valence-electron chi connectivity index (χ2n) is 5.66. The van der Waals surface area contributed by atoms with Gasteiger partial charge in [0, 0.05) is 20.5 Å². The van der Waals surface area contributed by atoms with E-state index < -0.39 is 0 Å². The molecular weight excluding hydrogens is 198 g/mol.